The van der Waals surface area contributed by atoms with Crippen molar-refractivity contribution in [2.24, 2.45) is 5.73 Å². The van der Waals surface area contributed by atoms with Gasteiger partial charge < -0.3 is 5.73 Å². The van der Waals surface area contributed by atoms with E-state index in [0.717, 1.165) is 23.1 Å². The average molecular weight is 261 g/mol. The maximum atomic E-state index is 12.2. The second-order valence-electron chi connectivity index (χ2n) is 4.57. The molecule has 0 spiro atoms. The second-order valence-corrected chi connectivity index (χ2v) is 6.07. The third kappa shape index (κ3) is 3.18. The molecule has 0 saturated carbocycles. The van der Waals surface area contributed by atoms with Crippen LogP contribution < -0.4 is 5.73 Å². The van der Waals surface area contributed by atoms with Crippen molar-refractivity contribution in [1.29, 1.82) is 0 Å². The molecule has 0 heterocycles. The van der Waals surface area contributed by atoms with Crippen LogP contribution in [0.15, 0.2) is 47.4 Å². The third-order valence-electron chi connectivity index (χ3n) is 3.01. The molecule has 2 aromatic carbocycles. The van der Waals surface area contributed by atoms with Crippen LogP contribution in [0.3, 0.4) is 0 Å². The topological polar surface area (TPSA) is 43.1 Å². The molecule has 0 fully saturated rings. The van der Waals surface area contributed by atoms with Crippen LogP contribution in [0, 0.1) is 0 Å². The lowest BCUT2D eigenvalue weighted by Gasteiger charge is -2.10. The molecule has 2 aromatic rings. The van der Waals surface area contributed by atoms with E-state index in [9.17, 15) is 4.21 Å². The van der Waals surface area contributed by atoms with Crippen LogP contribution in [-0.2, 0) is 10.8 Å². The molecule has 0 bridgehead atoms. The molecule has 2 rings (SSSR count). The summed E-state index contributed by atoms with van der Waals surface area (Å²) in [6.45, 7) is 2.10. The van der Waals surface area contributed by atoms with Crippen molar-refractivity contribution < 1.29 is 4.21 Å². The van der Waals surface area contributed by atoms with Crippen LogP contribution in [0.25, 0.3) is 10.8 Å². The zero-order chi connectivity index (χ0) is 13.0. The maximum absolute atomic E-state index is 12.2. The quantitative estimate of drug-likeness (QED) is 0.899. The first-order chi connectivity index (χ1) is 8.70. The largest absolute Gasteiger partial charge is 0.327 e. The zero-order valence-electron chi connectivity index (χ0n) is 10.6. The predicted octanol–water partition coefficient (Wildman–Crippen LogP) is 3.07. The number of rotatable bonds is 5. The van der Waals surface area contributed by atoms with Gasteiger partial charge in [0.2, 0.25) is 0 Å². The molecule has 0 aliphatic heterocycles. The van der Waals surface area contributed by atoms with Crippen molar-refractivity contribution >= 4 is 21.6 Å². The minimum absolute atomic E-state index is 0.0299. The molecule has 0 aliphatic carbocycles. The molecule has 2 atom stereocenters. The summed E-state index contributed by atoms with van der Waals surface area (Å²) in [5.74, 6) is 0.548. The van der Waals surface area contributed by atoms with Crippen LogP contribution in [0.5, 0.6) is 0 Å². The number of benzene rings is 2. The van der Waals surface area contributed by atoms with Gasteiger partial charge in [0.25, 0.3) is 0 Å². The normalized spacial score (nSPS) is 14.6. The van der Waals surface area contributed by atoms with E-state index in [2.05, 4.69) is 13.0 Å². The molecule has 2 nitrogen and oxygen atoms in total. The lowest BCUT2D eigenvalue weighted by atomic mass is 10.1. The lowest BCUT2D eigenvalue weighted by molar-refractivity contribution is 0.638. The highest BCUT2D eigenvalue weighted by molar-refractivity contribution is 7.85. The van der Waals surface area contributed by atoms with Crippen LogP contribution in [0.4, 0.5) is 0 Å². The van der Waals surface area contributed by atoms with Crippen LogP contribution >= 0.6 is 0 Å². The van der Waals surface area contributed by atoms with Gasteiger partial charge in [-0.25, -0.2) is 0 Å². The van der Waals surface area contributed by atoms with Crippen LogP contribution in [-0.4, -0.2) is 16.0 Å². The van der Waals surface area contributed by atoms with Gasteiger partial charge in [-0.15, -0.1) is 0 Å². The van der Waals surface area contributed by atoms with E-state index >= 15 is 0 Å². The number of hydrogen-bond acceptors (Lipinski definition) is 2. The monoisotopic (exact) mass is 261 g/mol. The summed E-state index contributed by atoms with van der Waals surface area (Å²) in [4.78, 5) is 0.875. The molecular formula is C15H19NOS. The summed E-state index contributed by atoms with van der Waals surface area (Å²) in [6.07, 6.45) is 1.97. The highest BCUT2D eigenvalue weighted by Gasteiger charge is 2.09. The molecule has 0 aliphatic rings. The highest BCUT2D eigenvalue weighted by Crippen LogP contribution is 2.18. The Morgan fingerprint density at radius 1 is 1.17 bits per heavy atom. The van der Waals surface area contributed by atoms with Gasteiger partial charge in [0, 0.05) is 16.7 Å². The Kier molecular flexibility index (Phi) is 4.50. The van der Waals surface area contributed by atoms with E-state index in [4.69, 9.17) is 5.73 Å². The predicted molar refractivity (Wildman–Crippen MR) is 78.1 cm³/mol. The first-order valence-electron chi connectivity index (χ1n) is 6.33. The Morgan fingerprint density at radius 3 is 2.61 bits per heavy atom. The smallest absolute Gasteiger partial charge is 0.0545 e. The summed E-state index contributed by atoms with van der Waals surface area (Å²) in [5.41, 5.74) is 5.94. The van der Waals surface area contributed by atoms with Crippen LogP contribution in [0.1, 0.15) is 19.8 Å². The fourth-order valence-corrected chi connectivity index (χ4v) is 3.28. The fourth-order valence-electron chi connectivity index (χ4n) is 2.05. The van der Waals surface area contributed by atoms with Gasteiger partial charge in [0.05, 0.1) is 10.8 Å². The number of nitrogens with two attached hydrogens (primary N) is 1. The highest BCUT2D eigenvalue weighted by atomic mass is 32.2. The molecule has 2 N–H and O–H groups in total. The van der Waals surface area contributed by atoms with Crippen molar-refractivity contribution in [3.05, 3.63) is 42.5 Å². The Labute approximate surface area is 111 Å². The Bertz CT molecular complexity index is 553. The first kappa shape index (κ1) is 13.2. The van der Waals surface area contributed by atoms with Gasteiger partial charge >= 0.3 is 0 Å². The molecular weight excluding hydrogens is 242 g/mol. The minimum atomic E-state index is -0.996. The van der Waals surface area contributed by atoms with Gasteiger partial charge in [0.1, 0.15) is 0 Å². The molecule has 18 heavy (non-hydrogen) atoms. The molecule has 0 amide bonds. The van der Waals surface area contributed by atoms with Gasteiger partial charge in [-0.2, -0.15) is 0 Å². The Hall–Kier alpha value is -1.19. The average Bonchev–Trinajstić information content (AvgIpc) is 2.38. The zero-order valence-corrected chi connectivity index (χ0v) is 11.5. The standard InChI is InChI=1S/C15H19NOS/c1-2-5-14(16)11-18(17)15-9-8-12-6-3-4-7-13(12)10-15/h3-4,6-10,14H,2,5,11,16H2,1H3. The Balaban J connectivity index is 2.17. The molecule has 0 saturated heterocycles. The van der Waals surface area contributed by atoms with E-state index < -0.39 is 10.8 Å². The van der Waals surface area contributed by atoms with Gasteiger partial charge in [-0.3, -0.25) is 4.21 Å². The van der Waals surface area contributed by atoms with E-state index in [1.807, 2.05) is 36.4 Å². The number of fused-ring (bicyclic) bond motifs is 1. The summed E-state index contributed by atoms with van der Waals surface area (Å²) in [7, 11) is -0.996. The molecule has 3 heteroatoms. The van der Waals surface area contributed by atoms with Crippen molar-refractivity contribution in [2.45, 2.75) is 30.7 Å². The van der Waals surface area contributed by atoms with E-state index in [0.29, 0.717) is 5.75 Å². The molecule has 0 radical (unpaired) electrons. The number of hydrogen-bond donors (Lipinski definition) is 1. The molecule has 96 valence electrons. The first-order valence-corrected chi connectivity index (χ1v) is 7.65. The summed E-state index contributed by atoms with van der Waals surface area (Å²) in [6, 6.07) is 14.1. The van der Waals surface area contributed by atoms with Crippen molar-refractivity contribution in [1.82, 2.24) is 0 Å². The lowest BCUT2D eigenvalue weighted by Crippen LogP contribution is -2.26. The van der Waals surface area contributed by atoms with Gasteiger partial charge in [-0.05, 0) is 29.3 Å². The summed E-state index contributed by atoms with van der Waals surface area (Å²) >= 11 is 0. The van der Waals surface area contributed by atoms with Crippen molar-refractivity contribution in [2.75, 3.05) is 5.75 Å². The van der Waals surface area contributed by atoms with E-state index in [1.165, 1.54) is 5.39 Å². The summed E-state index contributed by atoms with van der Waals surface area (Å²) in [5, 5.41) is 2.31. The SMILES string of the molecule is CCCC(N)CS(=O)c1ccc2ccccc2c1. The minimum Gasteiger partial charge on any atom is -0.327 e. The van der Waals surface area contributed by atoms with Gasteiger partial charge in [0.15, 0.2) is 0 Å². The maximum Gasteiger partial charge on any atom is 0.0545 e. The van der Waals surface area contributed by atoms with E-state index in [-0.39, 0.29) is 6.04 Å². The molecule has 0 aromatic heterocycles. The molecule has 2 unspecified atom stereocenters. The fraction of sp³-hybridized carbons (Fsp3) is 0.333. The van der Waals surface area contributed by atoms with E-state index in [1.54, 1.807) is 0 Å². The van der Waals surface area contributed by atoms with Crippen molar-refractivity contribution in [3.8, 4) is 0 Å². The Morgan fingerprint density at radius 2 is 1.89 bits per heavy atom. The van der Waals surface area contributed by atoms with Crippen molar-refractivity contribution in [3.63, 3.8) is 0 Å². The van der Waals surface area contributed by atoms with Gasteiger partial charge in [-0.1, -0.05) is 43.7 Å². The van der Waals surface area contributed by atoms with Crippen LogP contribution in [0.2, 0.25) is 0 Å². The third-order valence-corrected chi connectivity index (χ3v) is 4.52. The second kappa shape index (κ2) is 6.12. The summed E-state index contributed by atoms with van der Waals surface area (Å²) < 4.78 is 12.2.